The number of nitrogens with one attached hydrogen (secondary N) is 2. The summed E-state index contributed by atoms with van der Waals surface area (Å²) in [6.45, 7) is 10.9. The summed E-state index contributed by atoms with van der Waals surface area (Å²) < 4.78 is 5.56. The molecular formula is C39H46N8O5. The molecule has 2 aromatic carbocycles. The molecular weight excluding hydrogens is 660 g/mol. The summed E-state index contributed by atoms with van der Waals surface area (Å²) in [5.41, 5.74) is 5.07. The zero-order valence-corrected chi connectivity index (χ0v) is 30.0. The highest BCUT2D eigenvalue weighted by Gasteiger charge is 2.46. The monoisotopic (exact) mass is 706 g/mol. The van der Waals surface area contributed by atoms with E-state index in [1.165, 1.54) is 0 Å². The fourth-order valence-electron chi connectivity index (χ4n) is 8.14. The van der Waals surface area contributed by atoms with Gasteiger partial charge in [-0.1, -0.05) is 12.1 Å². The number of likely N-dealkylation sites (tertiary alicyclic amines) is 1. The van der Waals surface area contributed by atoms with Crippen LogP contribution in [0.3, 0.4) is 0 Å². The largest absolute Gasteiger partial charge is 0.444 e. The summed E-state index contributed by atoms with van der Waals surface area (Å²) in [7, 11) is 0. The zero-order chi connectivity index (χ0) is 36.1. The smallest absolute Gasteiger partial charge is 0.410 e. The number of imide groups is 1. The second-order valence-corrected chi connectivity index (χ2v) is 15.7. The predicted octanol–water partition coefficient (Wildman–Crippen LogP) is 4.21. The molecule has 272 valence electrons. The molecule has 3 aromatic rings. The van der Waals surface area contributed by atoms with Gasteiger partial charge in [0.1, 0.15) is 5.60 Å². The van der Waals surface area contributed by atoms with E-state index in [9.17, 15) is 19.2 Å². The van der Waals surface area contributed by atoms with Crippen LogP contribution < -0.4 is 20.4 Å². The van der Waals surface area contributed by atoms with E-state index in [0.29, 0.717) is 50.3 Å². The first-order valence-electron chi connectivity index (χ1n) is 18.4. The van der Waals surface area contributed by atoms with Gasteiger partial charge in [-0.15, -0.1) is 0 Å². The zero-order valence-electron chi connectivity index (χ0n) is 30.0. The van der Waals surface area contributed by atoms with Crippen LogP contribution in [0, 0.1) is 11.8 Å². The Bertz CT molecular complexity index is 1870. The van der Waals surface area contributed by atoms with Crippen molar-refractivity contribution >= 4 is 46.8 Å². The molecule has 0 spiro atoms. The van der Waals surface area contributed by atoms with E-state index in [-0.39, 0.29) is 35.7 Å². The van der Waals surface area contributed by atoms with E-state index < -0.39 is 5.60 Å². The lowest BCUT2D eigenvalue weighted by Gasteiger charge is -2.49. The lowest BCUT2D eigenvalue weighted by Crippen LogP contribution is -2.62. The van der Waals surface area contributed by atoms with Gasteiger partial charge in [0, 0.05) is 68.4 Å². The Morgan fingerprint density at radius 2 is 1.65 bits per heavy atom. The quantitative estimate of drug-likeness (QED) is 0.359. The SMILES string of the molecule is CC(C)(C)OC(=O)N1CCc2cnc(Nc3ccc(N4CC5CCN(C6CN(c7ccc(C8CCC(=O)NC8=O)cc7)C6)CC5C4=O)cc3)nc2C1. The molecule has 1 aromatic heterocycles. The van der Waals surface area contributed by atoms with Gasteiger partial charge in [0.25, 0.3) is 0 Å². The van der Waals surface area contributed by atoms with Crippen LogP contribution in [0.5, 0.6) is 0 Å². The van der Waals surface area contributed by atoms with Crippen LogP contribution >= 0.6 is 0 Å². The molecule has 4 saturated heterocycles. The van der Waals surface area contributed by atoms with E-state index in [1.807, 2.05) is 68.3 Å². The van der Waals surface area contributed by atoms with Gasteiger partial charge in [0.05, 0.1) is 24.1 Å². The number of piperidine rings is 2. The van der Waals surface area contributed by atoms with E-state index in [0.717, 1.165) is 73.0 Å². The molecule has 0 radical (unpaired) electrons. The summed E-state index contributed by atoms with van der Waals surface area (Å²) in [6.07, 6.45) is 4.09. The summed E-state index contributed by atoms with van der Waals surface area (Å²) in [5, 5.41) is 5.73. The van der Waals surface area contributed by atoms with E-state index in [1.54, 1.807) is 4.90 Å². The first-order chi connectivity index (χ1) is 25.0. The summed E-state index contributed by atoms with van der Waals surface area (Å²) >= 11 is 0. The molecule has 0 aliphatic carbocycles. The second kappa shape index (κ2) is 13.5. The molecule has 4 amide bonds. The fraction of sp³-hybridized carbons (Fsp3) is 0.487. The van der Waals surface area contributed by atoms with Gasteiger partial charge in [0.15, 0.2) is 0 Å². The van der Waals surface area contributed by atoms with Crippen molar-refractivity contribution in [1.29, 1.82) is 0 Å². The third kappa shape index (κ3) is 6.93. The van der Waals surface area contributed by atoms with Crippen molar-refractivity contribution < 1.29 is 23.9 Å². The topological polar surface area (TPSA) is 140 Å². The third-order valence-corrected chi connectivity index (χ3v) is 11.1. The Morgan fingerprint density at radius 1 is 0.904 bits per heavy atom. The van der Waals surface area contributed by atoms with Gasteiger partial charge in [-0.05, 0) is 100 Å². The van der Waals surface area contributed by atoms with Crippen LogP contribution in [0.25, 0.3) is 0 Å². The van der Waals surface area contributed by atoms with Crippen molar-refractivity contribution in [1.82, 2.24) is 25.1 Å². The summed E-state index contributed by atoms with van der Waals surface area (Å²) in [4.78, 5) is 67.8. The molecule has 5 aliphatic heterocycles. The van der Waals surface area contributed by atoms with Crippen molar-refractivity contribution in [3.8, 4) is 0 Å². The molecule has 3 unspecified atom stereocenters. The Hall–Kier alpha value is -5.04. The number of carbonyl (C=O) groups excluding carboxylic acids is 4. The van der Waals surface area contributed by atoms with Gasteiger partial charge in [-0.3, -0.25) is 24.6 Å². The number of carbonyl (C=O) groups is 4. The number of hydrogen-bond donors (Lipinski definition) is 2. The minimum Gasteiger partial charge on any atom is -0.444 e. The van der Waals surface area contributed by atoms with Crippen molar-refractivity contribution in [2.24, 2.45) is 11.8 Å². The molecule has 13 nitrogen and oxygen atoms in total. The van der Waals surface area contributed by atoms with Crippen LogP contribution in [0.1, 0.15) is 62.8 Å². The maximum Gasteiger partial charge on any atom is 0.410 e. The third-order valence-electron chi connectivity index (χ3n) is 11.1. The van der Waals surface area contributed by atoms with Crippen molar-refractivity contribution in [2.45, 2.75) is 70.6 Å². The number of benzene rings is 2. The molecule has 13 heteroatoms. The first kappa shape index (κ1) is 34.1. The van der Waals surface area contributed by atoms with Crippen LogP contribution in [0.15, 0.2) is 54.7 Å². The number of hydrogen-bond acceptors (Lipinski definition) is 10. The Kier molecular flexibility index (Phi) is 8.84. The predicted molar refractivity (Wildman–Crippen MR) is 195 cm³/mol. The van der Waals surface area contributed by atoms with Crippen LogP contribution in [-0.4, -0.2) is 94.5 Å². The molecule has 5 aliphatic rings. The van der Waals surface area contributed by atoms with Crippen molar-refractivity contribution in [3.05, 3.63) is 71.5 Å². The van der Waals surface area contributed by atoms with E-state index in [4.69, 9.17) is 9.72 Å². The van der Waals surface area contributed by atoms with Crippen molar-refractivity contribution in [2.75, 3.05) is 54.4 Å². The number of aromatic nitrogens is 2. The average molecular weight is 707 g/mol. The molecule has 8 rings (SSSR count). The van der Waals surface area contributed by atoms with Crippen molar-refractivity contribution in [3.63, 3.8) is 0 Å². The Morgan fingerprint density at radius 3 is 2.38 bits per heavy atom. The minimum absolute atomic E-state index is 0.00227. The van der Waals surface area contributed by atoms with Gasteiger partial charge < -0.3 is 24.8 Å². The molecule has 4 fully saturated rings. The number of ether oxygens (including phenoxy) is 1. The standard InChI is InChI=1S/C39H46N8O5/c1-39(2,3)52-38(51)45-17-14-25-18-40-37(42-33(25)23-45)41-27-6-10-29(11-7-27)47-19-26-15-16-44(22-32(26)36(47)50)30-20-46(21-30)28-8-4-24(5-9-28)31-12-13-34(48)43-35(31)49/h4-11,18,26,30-32H,12-17,19-23H2,1-3H3,(H,40,41,42)(H,43,48,49). The summed E-state index contributed by atoms with van der Waals surface area (Å²) in [6, 6.07) is 16.4. The van der Waals surface area contributed by atoms with Gasteiger partial charge in [-0.2, -0.15) is 0 Å². The number of anilines is 4. The second-order valence-electron chi connectivity index (χ2n) is 15.7. The van der Waals surface area contributed by atoms with Crippen LogP contribution in [-0.2, 0) is 32.1 Å². The minimum atomic E-state index is -0.557. The fourth-order valence-corrected chi connectivity index (χ4v) is 8.14. The average Bonchev–Trinajstić information content (AvgIpc) is 3.42. The number of fused-ring (bicyclic) bond motifs is 2. The highest BCUT2D eigenvalue weighted by molar-refractivity contribution is 6.01. The van der Waals surface area contributed by atoms with Crippen LogP contribution in [0.2, 0.25) is 0 Å². The molecule has 2 N–H and O–H groups in total. The highest BCUT2D eigenvalue weighted by atomic mass is 16.6. The van der Waals surface area contributed by atoms with E-state index in [2.05, 4.69) is 37.6 Å². The maximum absolute atomic E-state index is 13.7. The summed E-state index contributed by atoms with van der Waals surface area (Å²) in [5.74, 6) is 0.324. The Balaban J connectivity index is 0.835. The number of amides is 4. The van der Waals surface area contributed by atoms with E-state index >= 15 is 0 Å². The Labute approximate surface area is 303 Å². The highest BCUT2D eigenvalue weighted by Crippen LogP contribution is 2.38. The van der Waals surface area contributed by atoms with Gasteiger partial charge in [-0.25, -0.2) is 14.8 Å². The number of nitrogens with zero attached hydrogens (tertiary/aromatic N) is 6. The number of rotatable bonds is 6. The maximum atomic E-state index is 13.7. The molecule has 3 atom stereocenters. The normalized spacial score (nSPS) is 23.9. The molecule has 0 saturated carbocycles. The first-order valence-corrected chi connectivity index (χ1v) is 18.4. The van der Waals surface area contributed by atoms with Gasteiger partial charge in [0.2, 0.25) is 23.7 Å². The molecule has 0 bridgehead atoms. The molecule has 52 heavy (non-hydrogen) atoms. The lowest BCUT2D eigenvalue weighted by molar-refractivity contribution is -0.134. The van der Waals surface area contributed by atoms with Gasteiger partial charge >= 0.3 is 6.09 Å². The van der Waals surface area contributed by atoms with Crippen LogP contribution in [0.4, 0.5) is 27.8 Å². The molecule has 6 heterocycles. The lowest BCUT2D eigenvalue weighted by atomic mass is 9.86.